The summed E-state index contributed by atoms with van der Waals surface area (Å²) in [5.41, 5.74) is 5.35. The summed E-state index contributed by atoms with van der Waals surface area (Å²) >= 11 is 2.10. The van der Waals surface area contributed by atoms with Gasteiger partial charge in [0.15, 0.2) is 0 Å². The predicted molar refractivity (Wildman–Crippen MR) is 113 cm³/mol. The maximum absolute atomic E-state index is 11.0. The van der Waals surface area contributed by atoms with Crippen LogP contribution in [0.15, 0.2) is 43.0 Å². The number of carboxylic acids is 1. The van der Waals surface area contributed by atoms with E-state index >= 15 is 0 Å². The maximum Gasteiger partial charge on any atom is 0.335 e. The molecule has 26 heavy (non-hydrogen) atoms. The molecule has 0 spiro atoms. The van der Waals surface area contributed by atoms with Gasteiger partial charge in [-0.05, 0) is 87.7 Å². The van der Waals surface area contributed by atoms with Crippen LogP contribution in [0.1, 0.15) is 53.7 Å². The minimum atomic E-state index is -0.935. The normalized spacial score (nSPS) is 15.2. The fourth-order valence-corrected chi connectivity index (χ4v) is 4.17. The average Bonchev–Trinajstić information content (AvgIpc) is 2.60. The molecule has 0 amide bonds. The van der Waals surface area contributed by atoms with Crippen molar-refractivity contribution in [2.75, 3.05) is 6.61 Å². The number of halogens is 1. The first-order valence-corrected chi connectivity index (χ1v) is 9.83. The van der Waals surface area contributed by atoms with E-state index in [-0.39, 0.29) is 11.0 Å². The fourth-order valence-electron chi connectivity index (χ4n) is 3.50. The van der Waals surface area contributed by atoms with Gasteiger partial charge in [0.25, 0.3) is 0 Å². The minimum Gasteiger partial charge on any atom is -0.488 e. The summed E-state index contributed by atoms with van der Waals surface area (Å²) in [7, 11) is 0. The van der Waals surface area contributed by atoms with E-state index in [2.05, 4.69) is 61.2 Å². The first-order chi connectivity index (χ1) is 12.3. The number of hydrogen-bond donors (Lipinski definition) is 1. The summed E-state index contributed by atoms with van der Waals surface area (Å²) in [6.07, 6.45) is 3.60. The lowest BCUT2D eigenvalue weighted by Crippen LogP contribution is -2.24. The van der Waals surface area contributed by atoms with Crippen LogP contribution in [0.2, 0.25) is 0 Å². The number of carbonyl (C=O) groups is 1. The summed E-state index contributed by atoms with van der Waals surface area (Å²) in [4.78, 5) is 11.0. The second-order valence-electron chi connectivity index (χ2n) is 7.45. The van der Waals surface area contributed by atoms with Gasteiger partial charge in [0.2, 0.25) is 0 Å². The van der Waals surface area contributed by atoms with Crippen molar-refractivity contribution in [2.24, 2.45) is 0 Å². The van der Waals surface area contributed by atoms with Crippen LogP contribution in [0, 0.1) is 3.57 Å². The predicted octanol–water partition coefficient (Wildman–Crippen LogP) is 5.70. The molecule has 0 bridgehead atoms. The zero-order valence-electron chi connectivity index (χ0n) is 15.1. The van der Waals surface area contributed by atoms with Gasteiger partial charge < -0.3 is 9.84 Å². The SMILES string of the molecule is C=C(COc1ccc(C(=O)O)cc1I)c1ccc2c(c1)C(C)(C)CCC2. The Balaban J connectivity index is 1.74. The lowest BCUT2D eigenvalue weighted by Gasteiger charge is -2.33. The molecule has 4 heteroatoms. The van der Waals surface area contributed by atoms with Crippen LogP contribution in [0.4, 0.5) is 0 Å². The van der Waals surface area contributed by atoms with Crippen molar-refractivity contribution >= 4 is 34.1 Å². The van der Waals surface area contributed by atoms with Crippen LogP contribution in [-0.4, -0.2) is 17.7 Å². The first-order valence-electron chi connectivity index (χ1n) is 8.75. The summed E-state index contributed by atoms with van der Waals surface area (Å²) in [6.45, 7) is 9.18. The Bertz CT molecular complexity index is 868. The summed E-state index contributed by atoms with van der Waals surface area (Å²) < 4.78 is 6.66. The smallest absolute Gasteiger partial charge is 0.335 e. The van der Waals surface area contributed by atoms with Crippen LogP contribution in [0.3, 0.4) is 0 Å². The van der Waals surface area contributed by atoms with E-state index in [0.717, 1.165) is 21.1 Å². The zero-order chi connectivity index (χ0) is 18.9. The number of fused-ring (bicyclic) bond motifs is 1. The molecule has 1 aliphatic rings. The number of aryl methyl sites for hydroxylation is 1. The van der Waals surface area contributed by atoms with Gasteiger partial charge in [-0.1, -0.05) is 38.6 Å². The minimum absolute atomic E-state index is 0.201. The van der Waals surface area contributed by atoms with Crippen molar-refractivity contribution in [1.29, 1.82) is 0 Å². The van der Waals surface area contributed by atoms with Crippen LogP contribution in [0.25, 0.3) is 5.57 Å². The Morgan fingerprint density at radius 2 is 1.96 bits per heavy atom. The van der Waals surface area contributed by atoms with Crippen molar-refractivity contribution in [1.82, 2.24) is 0 Å². The van der Waals surface area contributed by atoms with Gasteiger partial charge in [0.05, 0.1) is 9.13 Å². The first kappa shape index (κ1) is 19.0. The fraction of sp³-hybridized carbons (Fsp3) is 0.318. The Labute approximate surface area is 168 Å². The molecule has 0 fully saturated rings. The maximum atomic E-state index is 11.0. The molecule has 0 saturated carbocycles. The van der Waals surface area contributed by atoms with Gasteiger partial charge in [-0.2, -0.15) is 0 Å². The van der Waals surface area contributed by atoms with Crippen LogP contribution in [-0.2, 0) is 11.8 Å². The molecule has 1 N–H and O–H groups in total. The van der Waals surface area contributed by atoms with Gasteiger partial charge >= 0.3 is 5.97 Å². The second kappa shape index (κ2) is 7.43. The number of ether oxygens (including phenoxy) is 1. The van der Waals surface area contributed by atoms with Gasteiger partial charge in [0.1, 0.15) is 12.4 Å². The Kier molecular flexibility index (Phi) is 5.42. The van der Waals surface area contributed by atoms with Crippen molar-refractivity contribution in [3.63, 3.8) is 0 Å². The molecule has 0 aromatic heterocycles. The second-order valence-corrected chi connectivity index (χ2v) is 8.61. The summed E-state index contributed by atoms with van der Waals surface area (Å²) in [5.74, 6) is -0.259. The lowest BCUT2D eigenvalue weighted by atomic mass is 9.72. The zero-order valence-corrected chi connectivity index (χ0v) is 17.3. The number of benzene rings is 2. The Hall–Kier alpha value is -1.82. The standard InChI is InChI=1S/C22H23IO3/c1-14(13-26-20-9-8-17(21(24)25)12-19(20)23)16-7-6-15-5-4-10-22(2,3)18(15)11-16/h6-9,11-12H,1,4-5,10,13H2,2-3H3,(H,24,25). The molecule has 3 nitrogen and oxygen atoms in total. The van der Waals surface area contributed by atoms with E-state index in [1.165, 1.54) is 24.0 Å². The van der Waals surface area contributed by atoms with E-state index in [1.54, 1.807) is 18.2 Å². The largest absolute Gasteiger partial charge is 0.488 e. The van der Waals surface area contributed by atoms with Gasteiger partial charge in [-0.3, -0.25) is 0 Å². The molecular weight excluding hydrogens is 439 g/mol. The average molecular weight is 462 g/mol. The Morgan fingerprint density at radius 3 is 2.65 bits per heavy atom. The van der Waals surface area contributed by atoms with Crippen molar-refractivity contribution < 1.29 is 14.6 Å². The van der Waals surface area contributed by atoms with Crippen LogP contribution < -0.4 is 4.74 Å². The molecule has 136 valence electrons. The van der Waals surface area contributed by atoms with Gasteiger partial charge in [-0.15, -0.1) is 0 Å². The molecule has 0 unspecified atom stereocenters. The molecule has 0 aliphatic heterocycles. The highest BCUT2D eigenvalue weighted by Crippen LogP contribution is 2.38. The quantitative estimate of drug-likeness (QED) is 0.581. The highest BCUT2D eigenvalue weighted by atomic mass is 127. The number of aromatic carboxylic acids is 1. The van der Waals surface area contributed by atoms with E-state index < -0.39 is 5.97 Å². The highest BCUT2D eigenvalue weighted by Gasteiger charge is 2.27. The summed E-state index contributed by atoms with van der Waals surface area (Å²) in [5, 5.41) is 9.05. The molecule has 0 atom stereocenters. The molecule has 2 aromatic carbocycles. The topological polar surface area (TPSA) is 46.5 Å². The van der Waals surface area contributed by atoms with Gasteiger partial charge in [0, 0.05) is 0 Å². The van der Waals surface area contributed by atoms with Crippen LogP contribution in [0.5, 0.6) is 5.75 Å². The Morgan fingerprint density at radius 1 is 1.23 bits per heavy atom. The van der Waals surface area contributed by atoms with Crippen LogP contribution >= 0.6 is 22.6 Å². The monoisotopic (exact) mass is 462 g/mol. The molecule has 0 heterocycles. The van der Waals surface area contributed by atoms with E-state index in [0.29, 0.717) is 12.4 Å². The van der Waals surface area contributed by atoms with Gasteiger partial charge in [-0.25, -0.2) is 4.79 Å². The number of rotatable bonds is 5. The van der Waals surface area contributed by atoms with Crippen molar-refractivity contribution in [2.45, 2.75) is 38.5 Å². The number of carboxylic acid groups (broad SMARTS) is 1. The molecule has 3 rings (SSSR count). The third kappa shape index (κ3) is 3.95. The summed E-state index contributed by atoms with van der Waals surface area (Å²) in [6, 6.07) is 11.5. The third-order valence-electron chi connectivity index (χ3n) is 5.08. The highest BCUT2D eigenvalue weighted by molar-refractivity contribution is 14.1. The van der Waals surface area contributed by atoms with E-state index in [9.17, 15) is 4.79 Å². The number of hydrogen-bond acceptors (Lipinski definition) is 2. The van der Waals surface area contributed by atoms with E-state index in [4.69, 9.17) is 9.84 Å². The van der Waals surface area contributed by atoms with Crippen molar-refractivity contribution in [3.8, 4) is 5.75 Å². The molecule has 2 aromatic rings. The third-order valence-corrected chi connectivity index (χ3v) is 5.92. The molecule has 0 radical (unpaired) electrons. The van der Waals surface area contributed by atoms with Crippen molar-refractivity contribution in [3.05, 3.63) is 68.8 Å². The lowest BCUT2D eigenvalue weighted by molar-refractivity contribution is 0.0696. The molecule has 0 saturated heterocycles. The molecular formula is C22H23IO3. The molecule has 1 aliphatic carbocycles. The van der Waals surface area contributed by atoms with E-state index in [1.807, 2.05) is 0 Å².